The SMILES string of the molecule is CC(C)C(C)C1OC1C(C)(O)C1CCC2(O)C3=CC(=O)C45CSSCC6CCCCC67C(=O)N(CC76CCCC6)c6cc(O)cc(c6)CCC12CCC3C4(C)CC(O)C(O)C5. The Morgan fingerprint density at radius 2 is 1.64 bits per heavy atom. The van der Waals surface area contributed by atoms with E-state index in [4.69, 9.17) is 4.74 Å². The summed E-state index contributed by atoms with van der Waals surface area (Å²) in [5, 5.41) is 60.9. The van der Waals surface area contributed by atoms with Gasteiger partial charge in [0.15, 0.2) is 5.78 Å². The number of hydrogen-bond acceptors (Lipinski definition) is 10. The largest absolute Gasteiger partial charge is 0.508 e. The number of aliphatic hydroxyl groups excluding tert-OH is 2. The third-order valence-electron chi connectivity index (χ3n) is 20.1. The number of hydrogen-bond donors (Lipinski definition) is 5. The second-order valence-corrected chi connectivity index (χ2v) is 25.3. The Labute approximate surface area is 371 Å². The number of amides is 1. The average molecular weight is 878 g/mol. The summed E-state index contributed by atoms with van der Waals surface area (Å²) in [4.78, 5) is 32.7. The van der Waals surface area contributed by atoms with E-state index < -0.39 is 45.1 Å². The zero-order valence-electron chi connectivity index (χ0n) is 37.2. The summed E-state index contributed by atoms with van der Waals surface area (Å²) in [5.41, 5.74) is -3.33. The fraction of sp³-hybridized carbons (Fsp3) is 0.800. The predicted molar refractivity (Wildman–Crippen MR) is 240 cm³/mol. The predicted octanol–water partition coefficient (Wildman–Crippen LogP) is 8.17. The van der Waals surface area contributed by atoms with Gasteiger partial charge in [-0.15, -0.1) is 0 Å². The van der Waals surface area contributed by atoms with Gasteiger partial charge in [0.2, 0.25) is 5.91 Å². The fourth-order valence-electron chi connectivity index (χ4n) is 16.5. The van der Waals surface area contributed by atoms with Gasteiger partial charge in [-0.05, 0) is 148 Å². The van der Waals surface area contributed by atoms with Crippen molar-refractivity contribution in [1.82, 2.24) is 0 Å². The number of fused-ring (bicyclic) bond motifs is 2. The molecule has 1 aromatic rings. The molecule has 5 N–H and O–H groups in total. The zero-order valence-corrected chi connectivity index (χ0v) is 38.8. The number of phenols is 1. The molecule has 9 nitrogen and oxygen atoms in total. The second-order valence-electron chi connectivity index (χ2n) is 22.8. The molecule has 336 valence electrons. The van der Waals surface area contributed by atoms with E-state index in [1.165, 1.54) is 0 Å². The molecule has 0 aromatic heterocycles. The number of ether oxygens (including phenoxy) is 1. The molecule has 12 rings (SSSR count). The van der Waals surface area contributed by atoms with Gasteiger partial charge in [-0.25, -0.2) is 0 Å². The highest BCUT2D eigenvalue weighted by Gasteiger charge is 2.74. The van der Waals surface area contributed by atoms with Gasteiger partial charge in [-0.2, -0.15) is 0 Å². The molecule has 14 unspecified atom stereocenters. The third-order valence-corrected chi connectivity index (χ3v) is 22.7. The standard InChI is InChI=1S/C50H71NO8S2/c1-29(2)30(3)41-42(59-41)45(5,57)39-13-19-50(58)36-23-40(55)48-25-38(54)37(53)24-44(48,4)35(36)12-18-47(39,50)17-11-31-20-33(22-34(52)21-31)51-27-46(14-8-9-15-46)49(43(51)56)16-7-6-10-32(49)26-60-61-28-48/h20-23,29-30,32,35,37-39,41-42,52-54,57-58H,6-19,24-28H2,1-5H3. The van der Waals surface area contributed by atoms with Crippen LogP contribution in [0.15, 0.2) is 29.8 Å². The molecule has 5 aliphatic heterocycles. The van der Waals surface area contributed by atoms with Crippen LogP contribution in [0.25, 0.3) is 0 Å². The lowest BCUT2D eigenvalue weighted by Crippen LogP contribution is -2.67. The smallest absolute Gasteiger partial charge is 0.234 e. The van der Waals surface area contributed by atoms with Gasteiger partial charge in [0.25, 0.3) is 0 Å². The first-order valence-electron chi connectivity index (χ1n) is 24.0. The minimum atomic E-state index is -1.41. The molecule has 4 spiro atoms. The van der Waals surface area contributed by atoms with Crippen molar-refractivity contribution in [2.45, 2.75) is 173 Å². The lowest BCUT2D eigenvalue weighted by Gasteiger charge is -2.65. The molecule has 5 saturated carbocycles. The summed E-state index contributed by atoms with van der Waals surface area (Å²) in [7, 11) is 3.49. The maximum atomic E-state index is 15.4. The maximum absolute atomic E-state index is 15.4. The van der Waals surface area contributed by atoms with Gasteiger partial charge < -0.3 is 35.2 Å². The number of aryl methyl sites for hydroxylation is 1. The summed E-state index contributed by atoms with van der Waals surface area (Å²) in [6.45, 7) is 11.3. The van der Waals surface area contributed by atoms with E-state index in [0.29, 0.717) is 56.7 Å². The number of ketones is 1. The minimum absolute atomic E-state index is 0.0627. The number of phenolic OH excluding ortho intramolecular Hbond substituents is 1. The number of nitrogens with zero attached hydrogens (tertiary/aromatic N) is 1. The van der Waals surface area contributed by atoms with Crippen LogP contribution >= 0.6 is 21.6 Å². The van der Waals surface area contributed by atoms with Gasteiger partial charge in [0, 0.05) is 40.6 Å². The lowest BCUT2D eigenvalue weighted by molar-refractivity contribution is -0.183. The van der Waals surface area contributed by atoms with Gasteiger partial charge in [-0.1, -0.05) is 75.0 Å². The first kappa shape index (κ1) is 43.3. The molecule has 14 atom stereocenters. The Hall–Kier alpha value is -1.60. The summed E-state index contributed by atoms with van der Waals surface area (Å²) < 4.78 is 6.38. The Morgan fingerprint density at radius 3 is 2.39 bits per heavy atom. The molecule has 11 heteroatoms. The van der Waals surface area contributed by atoms with Crippen molar-refractivity contribution in [1.29, 1.82) is 0 Å². The van der Waals surface area contributed by atoms with Crippen LogP contribution in [0.1, 0.15) is 136 Å². The number of carbonyl (C=O) groups is 2. The molecule has 7 fully saturated rings. The number of rotatable bonds is 4. The number of aromatic hydroxyl groups is 1. The van der Waals surface area contributed by atoms with E-state index in [1.807, 2.05) is 17.9 Å². The van der Waals surface area contributed by atoms with Crippen LogP contribution in [0, 0.1) is 56.7 Å². The Morgan fingerprint density at radius 1 is 0.902 bits per heavy atom. The van der Waals surface area contributed by atoms with Crippen molar-refractivity contribution < 1.29 is 39.9 Å². The number of carbonyl (C=O) groups excluding carboxylic acids is 2. The van der Waals surface area contributed by atoms with Crippen LogP contribution in [-0.2, 0) is 20.7 Å². The monoisotopic (exact) mass is 877 g/mol. The van der Waals surface area contributed by atoms with Gasteiger partial charge in [0.05, 0.1) is 40.3 Å². The topological polar surface area (TPSA) is 151 Å². The van der Waals surface area contributed by atoms with Gasteiger partial charge in [-0.3, -0.25) is 9.59 Å². The Balaban J connectivity index is 1.12. The van der Waals surface area contributed by atoms with Crippen LogP contribution in [0.3, 0.4) is 0 Å². The van der Waals surface area contributed by atoms with Crippen molar-refractivity contribution >= 4 is 39.0 Å². The molecule has 8 bridgehead atoms. The molecule has 2 saturated heterocycles. The van der Waals surface area contributed by atoms with Crippen molar-refractivity contribution in [3.05, 3.63) is 35.4 Å². The van der Waals surface area contributed by atoms with E-state index >= 15 is 9.59 Å². The number of benzene rings is 1. The van der Waals surface area contributed by atoms with E-state index in [9.17, 15) is 25.5 Å². The molecule has 1 amide bonds. The minimum Gasteiger partial charge on any atom is -0.508 e. The molecule has 0 radical (unpaired) electrons. The molecule has 61 heavy (non-hydrogen) atoms. The highest BCUT2D eigenvalue weighted by Crippen LogP contribution is 2.73. The molecular formula is C50H71NO8S2. The quantitative estimate of drug-likeness (QED) is 0.148. The van der Waals surface area contributed by atoms with Crippen molar-refractivity contribution in [2.75, 3.05) is 23.0 Å². The second kappa shape index (κ2) is 14.7. The van der Waals surface area contributed by atoms with Crippen LogP contribution < -0.4 is 4.90 Å². The summed E-state index contributed by atoms with van der Waals surface area (Å²) in [6, 6.07) is 5.69. The number of epoxide rings is 1. The van der Waals surface area contributed by atoms with Crippen molar-refractivity contribution in [3.63, 3.8) is 0 Å². The van der Waals surface area contributed by atoms with Crippen LogP contribution in [0.2, 0.25) is 0 Å². The number of allylic oxidation sites excluding steroid dienone is 1. The lowest BCUT2D eigenvalue weighted by atomic mass is 9.41. The van der Waals surface area contributed by atoms with Crippen molar-refractivity contribution in [3.8, 4) is 5.75 Å². The molecular weight excluding hydrogens is 807 g/mol. The molecule has 1 aromatic carbocycles. The molecule has 11 aliphatic rings. The van der Waals surface area contributed by atoms with E-state index in [0.717, 1.165) is 73.9 Å². The normalized spacial score (nSPS) is 45.7. The zero-order chi connectivity index (χ0) is 43.1. The molecule has 5 heterocycles. The third kappa shape index (κ3) is 5.90. The highest BCUT2D eigenvalue weighted by molar-refractivity contribution is 8.76. The highest BCUT2D eigenvalue weighted by atomic mass is 33.1. The van der Waals surface area contributed by atoms with E-state index in [2.05, 4.69) is 33.8 Å². The first-order chi connectivity index (χ1) is 28.9. The van der Waals surface area contributed by atoms with E-state index in [1.54, 1.807) is 33.7 Å². The summed E-state index contributed by atoms with van der Waals surface area (Å²) in [6.07, 6.45) is 11.4. The molecule has 6 aliphatic carbocycles. The van der Waals surface area contributed by atoms with Crippen LogP contribution in [0.5, 0.6) is 5.75 Å². The van der Waals surface area contributed by atoms with Crippen LogP contribution in [-0.4, -0.2) is 90.9 Å². The fourth-order valence-corrected chi connectivity index (χ4v) is 19.7. The Kier molecular flexibility index (Phi) is 10.4. The maximum Gasteiger partial charge on any atom is 0.234 e. The summed E-state index contributed by atoms with van der Waals surface area (Å²) in [5.74, 6) is 1.87. The van der Waals surface area contributed by atoms with Gasteiger partial charge >= 0.3 is 0 Å². The van der Waals surface area contributed by atoms with E-state index in [-0.39, 0.29) is 71.6 Å². The number of anilines is 1. The average Bonchev–Trinajstić information content (AvgIpc) is 3.69. The van der Waals surface area contributed by atoms with Gasteiger partial charge in [0.1, 0.15) is 11.9 Å². The summed E-state index contributed by atoms with van der Waals surface area (Å²) >= 11 is 0. The number of aliphatic hydroxyl groups is 4. The van der Waals surface area contributed by atoms with Crippen LogP contribution in [0.4, 0.5) is 5.69 Å². The Bertz CT molecular complexity index is 1980. The first-order valence-corrected chi connectivity index (χ1v) is 26.5. The van der Waals surface area contributed by atoms with Crippen molar-refractivity contribution in [2.24, 2.45) is 56.7 Å².